The predicted molar refractivity (Wildman–Crippen MR) is 117 cm³/mol. The Bertz CT molecular complexity index is 1080. The van der Waals surface area contributed by atoms with Crippen LogP contribution in [0.15, 0.2) is 48.5 Å². The number of carbonyl (C=O) groups is 3. The number of carbonyl (C=O) groups excluding carboxylic acids is 3. The fourth-order valence-electron chi connectivity index (χ4n) is 4.33. The van der Waals surface area contributed by atoms with E-state index in [2.05, 4.69) is 0 Å². The Kier molecular flexibility index (Phi) is 6.49. The molecule has 2 fully saturated rings. The van der Waals surface area contributed by atoms with Gasteiger partial charge in [-0.25, -0.2) is 0 Å². The molecule has 3 amide bonds. The van der Waals surface area contributed by atoms with Gasteiger partial charge in [-0.3, -0.25) is 14.4 Å². The van der Waals surface area contributed by atoms with Crippen LogP contribution in [-0.4, -0.2) is 67.4 Å². The van der Waals surface area contributed by atoms with Crippen LogP contribution in [0.25, 0.3) is 0 Å². The van der Waals surface area contributed by atoms with E-state index in [1.807, 2.05) is 0 Å². The number of para-hydroxylation sites is 2. The highest BCUT2D eigenvalue weighted by molar-refractivity contribution is 6.01. The lowest BCUT2D eigenvalue weighted by atomic mass is 10.1. The average Bonchev–Trinajstić information content (AvgIpc) is 3.24. The van der Waals surface area contributed by atoms with Gasteiger partial charge in [-0.2, -0.15) is 13.2 Å². The lowest BCUT2D eigenvalue weighted by Gasteiger charge is -2.36. The first kappa shape index (κ1) is 23.6. The zero-order chi connectivity index (χ0) is 24.5. The molecule has 0 bridgehead atoms. The van der Waals surface area contributed by atoms with Crippen molar-refractivity contribution in [1.29, 1.82) is 0 Å². The van der Waals surface area contributed by atoms with Crippen molar-refractivity contribution in [3.05, 3.63) is 59.7 Å². The van der Waals surface area contributed by atoms with Crippen LogP contribution in [0, 0.1) is 5.92 Å². The lowest BCUT2D eigenvalue weighted by Crippen LogP contribution is -2.52. The van der Waals surface area contributed by atoms with E-state index in [4.69, 9.17) is 4.74 Å². The van der Waals surface area contributed by atoms with Crippen molar-refractivity contribution in [2.45, 2.75) is 12.6 Å². The molecule has 2 heterocycles. The number of hydrogen-bond donors (Lipinski definition) is 0. The van der Waals surface area contributed by atoms with Gasteiger partial charge in [-0.05, 0) is 36.4 Å². The maximum Gasteiger partial charge on any atom is 0.416 e. The van der Waals surface area contributed by atoms with Crippen LogP contribution in [-0.2, 0) is 15.8 Å². The summed E-state index contributed by atoms with van der Waals surface area (Å²) < 4.78 is 43.6. The first-order valence-electron chi connectivity index (χ1n) is 10.9. The molecule has 0 aromatic heterocycles. The average molecular weight is 475 g/mol. The maximum absolute atomic E-state index is 13.1. The van der Waals surface area contributed by atoms with E-state index in [0.29, 0.717) is 24.5 Å². The summed E-state index contributed by atoms with van der Waals surface area (Å²) in [7, 11) is 1.52. The molecule has 0 spiro atoms. The highest BCUT2D eigenvalue weighted by Gasteiger charge is 2.39. The van der Waals surface area contributed by atoms with E-state index in [1.54, 1.807) is 34.1 Å². The second kappa shape index (κ2) is 9.36. The van der Waals surface area contributed by atoms with Crippen LogP contribution in [0.1, 0.15) is 22.3 Å². The minimum absolute atomic E-state index is 0.0988. The molecular weight excluding hydrogens is 451 g/mol. The number of benzene rings is 2. The summed E-state index contributed by atoms with van der Waals surface area (Å²) in [5.74, 6) is -0.612. The van der Waals surface area contributed by atoms with Crippen molar-refractivity contribution in [3.8, 4) is 5.75 Å². The number of rotatable bonds is 4. The second-order valence-electron chi connectivity index (χ2n) is 8.27. The van der Waals surface area contributed by atoms with Crippen molar-refractivity contribution in [1.82, 2.24) is 9.80 Å². The van der Waals surface area contributed by atoms with E-state index in [1.165, 1.54) is 24.1 Å². The molecule has 2 aliphatic heterocycles. The third kappa shape index (κ3) is 4.71. The molecular formula is C24H24F3N3O4. The van der Waals surface area contributed by atoms with Gasteiger partial charge in [0, 0.05) is 44.7 Å². The highest BCUT2D eigenvalue weighted by Crippen LogP contribution is 2.33. The highest BCUT2D eigenvalue weighted by atomic mass is 19.4. The van der Waals surface area contributed by atoms with Gasteiger partial charge < -0.3 is 19.4 Å². The minimum atomic E-state index is -4.46. The summed E-state index contributed by atoms with van der Waals surface area (Å²) in [6.45, 7) is 1.38. The Balaban J connectivity index is 1.35. The van der Waals surface area contributed by atoms with E-state index < -0.39 is 17.7 Å². The van der Waals surface area contributed by atoms with Gasteiger partial charge in [0.15, 0.2) is 0 Å². The van der Waals surface area contributed by atoms with Crippen molar-refractivity contribution < 1.29 is 32.3 Å². The maximum atomic E-state index is 13.1. The van der Waals surface area contributed by atoms with Crippen LogP contribution in [0.5, 0.6) is 5.75 Å². The predicted octanol–water partition coefficient (Wildman–Crippen LogP) is 3.05. The first-order chi connectivity index (χ1) is 16.2. The Morgan fingerprint density at radius 2 is 1.56 bits per heavy atom. The minimum Gasteiger partial charge on any atom is -0.495 e. The van der Waals surface area contributed by atoms with E-state index in [9.17, 15) is 27.6 Å². The van der Waals surface area contributed by atoms with Crippen LogP contribution in [0.3, 0.4) is 0 Å². The molecule has 34 heavy (non-hydrogen) atoms. The van der Waals surface area contributed by atoms with Gasteiger partial charge in [0.1, 0.15) is 5.75 Å². The summed E-state index contributed by atoms with van der Waals surface area (Å²) in [6, 6.07) is 11.2. The van der Waals surface area contributed by atoms with E-state index >= 15 is 0 Å². The topological polar surface area (TPSA) is 70.2 Å². The number of alkyl halides is 3. The smallest absolute Gasteiger partial charge is 0.416 e. The number of piperazine rings is 1. The van der Waals surface area contributed by atoms with Crippen LogP contribution >= 0.6 is 0 Å². The Labute approximate surface area is 194 Å². The second-order valence-corrected chi connectivity index (χ2v) is 8.27. The molecule has 0 aliphatic carbocycles. The largest absolute Gasteiger partial charge is 0.495 e. The molecule has 2 aromatic carbocycles. The Morgan fingerprint density at radius 1 is 0.941 bits per heavy atom. The first-order valence-corrected chi connectivity index (χ1v) is 10.9. The number of methoxy groups -OCH3 is 1. The number of anilines is 1. The third-order valence-electron chi connectivity index (χ3n) is 6.19. The summed E-state index contributed by atoms with van der Waals surface area (Å²) in [6.07, 6.45) is -4.36. The van der Waals surface area contributed by atoms with Gasteiger partial charge in [-0.1, -0.05) is 12.1 Å². The van der Waals surface area contributed by atoms with Crippen LogP contribution in [0.2, 0.25) is 0 Å². The number of halogens is 3. The zero-order valence-corrected chi connectivity index (χ0v) is 18.5. The molecule has 1 atom stereocenters. The van der Waals surface area contributed by atoms with Gasteiger partial charge in [0.25, 0.3) is 5.91 Å². The molecule has 2 saturated heterocycles. The van der Waals surface area contributed by atoms with Gasteiger partial charge >= 0.3 is 6.18 Å². The monoisotopic (exact) mass is 475 g/mol. The fourth-order valence-corrected chi connectivity index (χ4v) is 4.33. The van der Waals surface area contributed by atoms with Crippen molar-refractivity contribution >= 4 is 23.4 Å². The molecule has 7 nitrogen and oxygen atoms in total. The van der Waals surface area contributed by atoms with Crippen molar-refractivity contribution in [3.63, 3.8) is 0 Å². The molecule has 0 N–H and O–H groups in total. The zero-order valence-electron chi connectivity index (χ0n) is 18.5. The Hall–Kier alpha value is -3.56. The SMILES string of the molecule is COc1ccccc1N1CC(C(=O)N2CCN(C(=O)c3ccc(C(F)(F)F)cc3)CC2)CC1=O. The summed E-state index contributed by atoms with van der Waals surface area (Å²) in [5, 5.41) is 0. The normalized spacial score (nSPS) is 18.9. The number of nitrogens with zero attached hydrogens (tertiary/aromatic N) is 3. The number of amides is 3. The molecule has 0 radical (unpaired) electrons. The Morgan fingerprint density at radius 3 is 2.18 bits per heavy atom. The number of ether oxygens (including phenoxy) is 1. The molecule has 0 saturated carbocycles. The van der Waals surface area contributed by atoms with E-state index in [0.717, 1.165) is 12.1 Å². The molecule has 180 valence electrons. The van der Waals surface area contributed by atoms with Crippen molar-refractivity contribution in [2.24, 2.45) is 5.92 Å². The molecule has 2 aromatic rings. The van der Waals surface area contributed by atoms with Gasteiger partial charge in [0.05, 0.1) is 24.3 Å². The molecule has 10 heteroatoms. The quantitative estimate of drug-likeness (QED) is 0.682. The molecule has 1 unspecified atom stereocenters. The molecule has 4 rings (SSSR count). The number of hydrogen-bond acceptors (Lipinski definition) is 4. The third-order valence-corrected chi connectivity index (χ3v) is 6.19. The summed E-state index contributed by atoms with van der Waals surface area (Å²) >= 11 is 0. The fraction of sp³-hybridized carbons (Fsp3) is 0.375. The standard InChI is InChI=1S/C24H24F3N3O4/c1-34-20-5-3-2-4-19(20)30-15-17(14-21(30)31)23(33)29-12-10-28(11-13-29)22(32)16-6-8-18(9-7-16)24(25,26)27/h2-9,17H,10-15H2,1H3. The van der Waals surface area contributed by atoms with Crippen LogP contribution < -0.4 is 9.64 Å². The molecule has 2 aliphatic rings. The van der Waals surface area contributed by atoms with E-state index in [-0.39, 0.29) is 49.3 Å². The summed E-state index contributed by atoms with van der Waals surface area (Å²) in [4.78, 5) is 43.1. The van der Waals surface area contributed by atoms with Crippen molar-refractivity contribution in [2.75, 3.05) is 44.7 Å². The van der Waals surface area contributed by atoms with Gasteiger partial charge in [0.2, 0.25) is 11.8 Å². The lowest BCUT2D eigenvalue weighted by molar-refractivity contribution is -0.138. The summed E-state index contributed by atoms with van der Waals surface area (Å²) in [5.41, 5.74) is -0.0217. The van der Waals surface area contributed by atoms with Gasteiger partial charge in [-0.15, -0.1) is 0 Å². The van der Waals surface area contributed by atoms with Crippen LogP contribution in [0.4, 0.5) is 18.9 Å².